The summed E-state index contributed by atoms with van der Waals surface area (Å²) in [6.45, 7) is 0. The van der Waals surface area contributed by atoms with Crippen LogP contribution in [0.5, 0.6) is 5.75 Å². The molecule has 4 rings (SSSR count). The molecule has 1 heterocycles. The van der Waals surface area contributed by atoms with Crippen LogP contribution in [0.4, 0.5) is 5.69 Å². The maximum atomic E-state index is 12.6. The molecule has 0 fully saturated rings. The number of fused-ring (bicyclic) bond motifs is 1. The van der Waals surface area contributed by atoms with Gasteiger partial charge in [-0.2, -0.15) is 5.26 Å². The van der Waals surface area contributed by atoms with Crippen molar-refractivity contribution in [1.29, 1.82) is 5.26 Å². The minimum Gasteiger partial charge on any atom is -0.480 e. The zero-order valence-corrected chi connectivity index (χ0v) is 15.7. The van der Waals surface area contributed by atoms with Crippen molar-refractivity contribution in [1.82, 2.24) is 0 Å². The molecule has 2 atom stereocenters. The molecule has 5 heteroatoms. The van der Waals surface area contributed by atoms with Crippen LogP contribution in [-0.2, 0) is 11.2 Å². The van der Waals surface area contributed by atoms with Crippen molar-refractivity contribution >= 4 is 23.2 Å². The summed E-state index contributed by atoms with van der Waals surface area (Å²) in [6, 6.07) is 24.6. The van der Waals surface area contributed by atoms with E-state index in [4.69, 9.17) is 16.3 Å². The molecule has 28 heavy (non-hydrogen) atoms. The van der Waals surface area contributed by atoms with Gasteiger partial charge < -0.3 is 10.1 Å². The predicted octanol–water partition coefficient (Wildman–Crippen LogP) is 4.94. The van der Waals surface area contributed by atoms with Gasteiger partial charge in [-0.25, -0.2) is 0 Å². The molecule has 0 spiro atoms. The molecule has 3 aromatic carbocycles. The van der Waals surface area contributed by atoms with E-state index < -0.39 is 12.0 Å². The average Bonchev–Trinajstić information content (AvgIpc) is 3.15. The number of nitrogens with one attached hydrogen (secondary N) is 1. The van der Waals surface area contributed by atoms with E-state index in [9.17, 15) is 10.1 Å². The summed E-state index contributed by atoms with van der Waals surface area (Å²) in [5.74, 6) is 0.0572. The molecule has 1 amide bonds. The molecule has 0 bridgehead atoms. The largest absolute Gasteiger partial charge is 0.480 e. The number of benzene rings is 3. The first-order valence-corrected chi connectivity index (χ1v) is 9.33. The minimum absolute atomic E-state index is 0.222. The maximum Gasteiger partial charge on any atom is 0.265 e. The lowest BCUT2D eigenvalue weighted by atomic mass is 9.92. The van der Waals surface area contributed by atoms with Gasteiger partial charge in [0.2, 0.25) is 0 Å². The number of amides is 1. The average molecular weight is 389 g/mol. The first kappa shape index (κ1) is 18.1. The van der Waals surface area contributed by atoms with E-state index in [2.05, 4.69) is 11.4 Å². The van der Waals surface area contributed by atoms with Gasteiger partial charge in [0.25, 0.3) is 5.91 Å². The number of hydrogen-bond donors (Lipinski definition) is 1. The van der Waals surface area contributed by atoms with E-state index in [0.717, 1.165) is 16.9 Å². The van der Waals surface area contributed by atoms with Crippen LogP contribution in [-0.4, -0.2) is 12.0 Å². The number of ether oxygens (including phenoxy) is 1. The molecule has 0 aromatic heterocycles. The van der Waals surface area contributed by atoms with Gasteiger partial charge in [0, 0.05) is 17.1 Å². The quantitative estimate of drug-likeness (QED) is 0.688. The lowest BCUT2D eigenvalue weighted by Gasteiger charge is -2.15. The smallest absolute Gasteiger partial charge is 0.265 e. The van der Waals surface area contributed by atoms with Crippen LogP contribution in [0.25, 0.3) is 0 Å². The van der Waals surface area contributed by atoms with E-state index in [1.165, 1.54) is 0 Å². The molecule has 0 aliphatic carbocycles. The molecule has 3 aromatic rings. The monoisotopic (exact) mass is 388 g/mol. The summed E-state index contributed by atoms with van der Waals surface area (Å²) in [5.41, 5.74) is 3.18. The molecule has 4 nitrogen and oxygen atoms in total. The van der Waals surface area contributed by atoms with Crippen LogP contribution < -0.4 is 10.1 Å². The SMILES string of the molecule is N#CC(c1ccccc1)c1ccc(NC(=O)C2Cc3ccccc3O2)cc1Cl. The fraction of sp³-hybridized carbons (Fsp3) is 0.130. The molecule has 1 aliphatic rings. The predicted molar refractivity (Wildman–Crippen MR) is 109 cm³/mol. The Balaban J connectivity index is 1.49. The number of halogens is 1. The third kappa shape index (κ3) is 3.58. The molecule has 1 aliphatic heterocycles. The molecular weight excluding hydrogens is 372 g/mol. The van der Waals surface area contributed by atoms with Gasteiger partial charge >= 0.3 is 0 Å². The number of carbonyl (C=O) groups excluding carboxylic acids is 1. The Morgan fingerprint density at radius 3 is 2.57 bits per heavy atom. The lowest BCUT2D eigenvalue weighted by molar-refractivity contribution is -0.122. The Morgan fingerprint density at radius 1 is 1.11 bits per heavy atom. The Kier molecular flexibility index (Phi) is 5.01. The van der Waals surface area contributed by atoms with Gasteiger partial charge in [0.1, 0.15) is 5.75 Å². The van der Waals surface area contributed by atoms with Crippen LogP contribution in [0.1, 0.15) is 22.6 Å². The number of carbonyl (C=O) groups is 1. The molecule has 2 unspecified atom stereocenters. The Bertz CT molecular complexity index is 1030. The van der Waals surface area contributed by atoms with Crippen molar-refractivity contribution in [2.45, 2.75) is 18.4 Å². The topological polar surface area (TPSA) is 62.1 Å². The zero-order chi connectivity index (χ0) is 19.5. The van der Waals surface area contributed by atoms with E-state index in [0.29, 0.717) is 22.7 Å². The highest BCUT2D eigenvalue weighted by atomic mass is 35.5. The second kappa shape index (κ2) is 7.75. The third-order valence-electron chi connectivity index (χ3n) is 4.78. The van der Waals surface area contributed by atoms with Crippen LogP contribution in [0, 0.1) is 11.3 Å². The second-order valence-electron chi connectivity index (χ2n) is 6.62. The highest BCUT2D eigenvalue weighted by Gasteiger charge is 2.29. The zero-order valence-electron chi connectivity index (χ0n) is 14.9. The fourth-order valence-corrected chi connectivity index (χ4v) is 3.65. The highest BCUT2D eigenvalue weighted by Crippen LogP contribution is 2.32. The van der Waals surface area contributed by atoms with Crippen LogP contribution in [0.2, 0.25) is 5.02 Å². The Morgan fingerprint density at radius 2 is 1.86 bits per heavy atom. The number of nitrogens with zero attached hydrogens (tertiary/aromatic N) is 1. The van der Waals surface area contributed by atoms with E-state index in [1.54, 1.807) is 18.2 Å². The number of rotatable bonds is 4. The van der Waals surface area contributed by atoms with Crippen molar-refractivity contribution in [2.75, 3.05) is 5.32 Å². The molecule has 0 radical (unpaired) electrons. The van der Waals surface area contributed by atoms with Gasteiger partial charge in [-0.1, -0.05) is 66.2 Å². The van der Waals surface area contributed by atoms with Crippen LogP contribution >= 0.6 is 11.6 Å². The summed E-state index contributed by atoms with van der Waals surface area (Å²) >= 11 is 6.44. The van der Waals surface area contributed by atoms with Crippen molar-refractivity contribution in [3.63, 3.8) is 0 Å². The second-order valence-corrected chi connectivity index (χ2v) is 7.02. The van der Waals surface area contributed by atoms with E-state index in [1.807, 2.05) is 54.6 Å². The van der Waals surface area contributed by atoms with Gasteiger partial charge in [0.15, 0.2) is 6.10 Å². The first-order chi connectivity index (χ1) is 13.7. The Hall–Kier alpha value is -3.29. The summed E-state index contributed by atoms with van der Waals surface area (Å²) in [7, 11) is 0. The van der Waals surface area contributed by atoms with Gasteiger partial charge in [-0.05, 0) is 34.9 Å². The number of hydrogen-bond acceptors (Lipinski definition) is 3. The normalized spacial score (nSPS) is 15.8. The maximum absolute atomic E-state index is 12.6. The highest BCUT2D eigenvalue weighted by molar-refractivity contribution is 6.31. The van der Waals surface area contributed by atoms with Crippen LogP contribution in [0.15, 0.2) is 72.8 Å². The van der Waals surface area contributed by atoms with Gasteiger partial charge in [-0.3, -0.25) is 4.79 Å². The molecular formula is C23H17ClN2O2. The number of para-hydroxylation sites is 1. The summed E-state index contributed by atoms with van der Waals surface area (Å²) in [4.78, 5) is 12.6. The summed E-state index contributed by atoms with van der Waals surface area (Å²) in [5, 5.41) is 12.9. The van der Waals surface area contributed by atoms with E-state index >= 15 is 0 Å². The minimum atomic E-state index is -0.563. The van der Waals surface area contributed by atoms with Gasteiger partial charge in [-0.15, -0.1) is 0 Å². The number of nitriles is 1. The standard InChI is InChI=1S/C23H17ClN2O2/c24-20-13-17(10-11-18(20)19(14-25)15-6-2-1-3-7-15)26-23(27)22-12-16-8-4-5-9-21(16)28-22/h1-11,13,19,22H,12H2,(H,26,27). The van der Waals surface area contributed by atoms with E-state index in [-0.39, 0.29) is 5.91 Å². The molecule has 0 saturated carbocycles. The molecule has 138 valence electrons. The van der Waals surface area contributed by atoms with Crippen molar-refractivity contribution in [3.8, 4) is 11.8 Å². The summed E-state index contributed by atoms with van der Waals surface area (Å²) < 4.78 is 5.72. The Labute approximate surface area is 168 Å². The molecule has 0 saturated heterocycles. The lowest BCUT2D eigenvalue weighted by Crippen LogP contribution is -2.31. The molecule has 1 N–H and O–H groups in total. The third-order valence-corrected chi connectivity index (χ3v) is 5.11. The van der Waals surface area contributed by atoms with Crippen molar-refractivity contribution < 1.29 is 9.53 Å². The first-order valence-electron chi connectivity index (χ1n) is 8.95. The van der Waals surface area contributed by atoms with Crippen molar-refractivity contribution in [2.24, 2.45) is 0 Å². The summed E-state index contributed by atoms with van der Waals surface area (Å²) in [6.07, 6.45) is -0.0229. The number of anilines is 1. The van der Waals surface area contributed by atoms with Gasteiger partial charge in [0.05, 0.1) is 12.0 Å². The fourth-order valence-electron chi connectivity index (χ4n) is 3.36. The van der Waals surface area contributed by atoms with Crippen LogP contribution in [0.3, 0.4) is 0 Å². The van der Waals surface area contributed by atoms with Crippen molar-refractivity contribution in [3.05, 3.63) is 94.5 Å².